The molecule has 0 bridgehead atoms. The van der Waals surface area contributed by atoms with Gasteiger partial charge in [-0.25, -0.2) is 4.99 Å². The largest absolute Gasteiger partial charge is 0.454 e. The fourth-order valence-electron chi connectivity index (χ4n) is 7.68. The highest BCUT2D eigenvalue weighted by Gasteiger charge is 2.25. The average molecular weight is 694 g/mol. The van der Waals surface area contributed by atoms with E-state index in [-0.39, 0.29) is 6.04 Å². The third-order valence-corrected chi connectivity index (χ3v) is 10.3. The molecule has 2 heterocycles. The number of rotatable bonds is 7. The number of fused-ring (bicyclic) bond motifs is 4. The van der Waals surface area contributed by atoms with Gasteiger partial charge < -0.3 is 14.6 Å². The van der Waals surface area contributed by atoms with E-state index in [9.17, 15) is 0 Å². The van der Waals surface area contributed by atoms with Crippen LogP contribution in [0.25, 0.3) is 55.6 Å². The zero-order valence-electron chi connectivity index (χ0n) is 29.4. The summed E-state index contributed by atoms with van der Waals surface area (Å²) in [5, 5.41) is 5.93. The molecule has 1 aliphatic heterocycles. The van der Waals surface area contributed by atoms with Crippen molar-refractivity contribution in [2.45, 2.75) is 6.04 Å². The number of nitrogens with zero attached hydrogens (tertiary/aromatic N) is 2. The molecule has 0 spiro atoms. The van der Waals surface area contributed by atoms with Crippen LogP contribution in [-0.2, 0) is 0 Å². The van der Waals surface area contributed by atoms with Crippen LogP contribution in [0.1, 0.15) is 11.1 Å². The molecule has 0 amide bonds. The van der Waals surface area contributed by atoms with Crippen molar-refractivity contribution in [3.05, 3.63) is 211 Å². The molecule has 1 atom stereocenters. The topological polar surface area (TPSA) is 40.8 Å². The zero-order chi connectivity index (χ0) is 35.8. The lowest BCUT2D eigenvalue weighted by Crippen LogP contribution is -2.37. The zero-order valence-corrected chi connectivity index (χ0v) is 29.4. The maximum Gasteiger partial charge on any atom is 0.160 e. The Balaban J connectivity index is 1.10. The molecule has 0 fully saturated rings. The number of hydrogen-bond donors (Lipinski definition) is 1. The minimum absolute atomic E-state index is 0.0478. The first-order valence-electron chi connectivity index (χ1n) is 18.3. The van der Waals surface area contributed by atoms with Crippen LogP contribution in [0.3, 0.4) is 0 Å². The van der Waals surface area contributed by atoms with Crippen LogP contribution in [0.2, 0.25) is 0 Å². The van der Waals surface area contributed by atoms with Gasteiger partial charge in [0, 0.05) is 27.7 Å². The Labute approximate surface area is 314 Å². The van der Waals surface area contributed by atoms with E-state index in [2.05, 4.69) is 192 Å². The van der Waals surface area contributed by atoms with Crippen molar-refractivity contribution >= 4 is 56.1 Å². The number of furan rings is 1. The summed E-state index contributed by atoms with van der Waals surface area (Å²) in [6.07, 6.45) is 8.37. The van der Waals surface area contributed by atoms with Crippen LogP contribution >= 0.6 is 0 Å². The van der Waals surface area contributed by atoms with Crippen molar-refractivity contribution in [2.24, 2.45) is 4.99 Å². The highest BCUT2D eigenvalue weighted by molar-refractivity contribution is 6.17. The highest BCUT2D eigenvalue weighted by atomic mass is 16.3. The molecule has 1 aliphatic carbocycles. The highest BCUT2D eigenvalue weighted by Crippen LogP contribution is 2.46. The molecule has 256 valence electrons. The minimum Gasteiger partial charge on any atom is -0.454 e. The van der Waals surface area contributed by atoms with Crippen molar-refractivity contribution in [2.75, 3.05) is 4.90 Å². The molecule has 1 N–H and O–H groups in total. The van der Waals surface area contributed by atoms with E-state index >= 15 is 0 Å². The van der Waals surface area contributed by atoms with Gasteiger partial charge in [-0.2, -0.15) is 0 Å². The molecule has 10 rings (SSSR count). The number of benzene rings is 7. The van der Waals surface area contributed by atoms with Crippen LogP contribution in [0.15, 0.2) is 210 Å². The number of aliphatic imine (C=N–C) groups is 1. The molecule has 8 aromatic rings. The van der Waals surface area contributed by atoms with Gasteiger partial charge in [0.05, 0.1) is 28.8 Å². The standard InChI is InChI=1S/C50H35N3O/c1-4-14-34(15-5-1)35-28-30-40(31-29-35)53(39-18-8-3-9-19-39)45-33-32-41(47-42-20-10-13-23-46(42)54-50(45)47)36-24-26-38(27-25-36)49-48(37-16-6-2-7-17-37)51-43-21-11-12-22-44(43)52-49/h1-33,43,51H. The van der Waals surface area contributed by atoms with Crippen molar-refractivity contribution in [1.82, 2.24) is 5.32 Å². The summed E-state index contributed by atoms with van der Waals surface area (Å²) in [6, 6.07) is 61.9. The molecular formula is C50H35N3O. The van der Waals surface area contributed by atoms with Crippen LogP contribution in [0, 0.1) is 0 Å². The van der Waals surface area contributed by atoms with Gasteiger partial charge in [-0.1, -0.05) is 158 Å². The van der Waals surface area contributed by atoms with Crippen LogP contribution in [-0.4, -0.2) is 11.8 Å². The summed E-state index contributed by atoms with van der Waals surface area (Å²) in [4.78, 5) is 7.50. The van der Waals surface area contributed by atoms with Gasteiger partial charge in [0.25, 0.3) is 0 Å². The van der Waals surface area contributed by atoms with Crippen LogP contribution < -0.4 is 10.2 Å². The summed E-state index contributed by atoms with van der Waals surface area (Å²) in [5.74, 6) is 0. The second-order valence-corrected chi connectivity index (χ2v) is 13.6. The van der Waals surface area contributed by atoms with Gasteiger partial charge in [-0.3, -0.25) is 0 Å². The second kappa shape index (κ2) is 13.4. The fraction of sp³-hybridized carbons (Fsp3) is 0.0200. The number of anilines is 3. The molecule has 0 radical (unpaired) electrons. The summed E-state index contributed by atoms with van der Waals surface area (Å²) < 4.78 is 6.81. The summed E-state index contributed by atoms with van der Waals surface area (Å²) in [5.41, 5.74) is 14.5. The normalized spacial score (nSPS) is 14.9. The van der Waals surface area contributed by atoms with Crippen molar-refractivity contribution in [3.8, 4) is 22.3 Å². The lowest BCUT2D eigenvalue weighted by Gasteiger charge is -2.28. The van der Waals surface area contributed by atoms with Gasteiger partial charge in [0.15, 0.2) is 5.58 Å². The molecule has 7 aromatic carbocycles. The summed E-state index contributed by atoms with van der Waals surface area (Å²) >= 11 is 0. The fourth-order valence-corrected chi connectivity index (χ4v) is 7.68. The maximum absolute atomic E-state index is 6.81. The Kier molecular flexibility index (Phi) is 7.85. The predicted octanol–water partition coefficient (Wildman–Crippen LogP) is 12.8. The Morgan fingerprint density at radius 3 is 1.89 bits per heavy atom. The van der Waals surface area contributed by atoms with Gasteiger partial charge in [0.1, 0.15) is 5.58 Å². The molecule has 1 aromatic heterocycles. The van der Waals surface area contributed by atoms with Crippen molar-refractivity contribution in [3.63, 3.8) is 0 Å². The Morgan fingerprint density at radius 2 is 1.13 bits per heavy atom. The number of hydrogen-bond acceptors (Lipinski definition) is 4. The Bertz CT molecular complexity index is 2760. The van der Waals surface area contributed by atoms with Gasteiger partial charge in [-0.15, -0.1) is 0 Å². The number of nitrogens with one attached hydrogen (secondary N) is 1. The third kappa shape index (κ3) is 5.62. The Hall–Kier alpha value is -7.17. The third-order valence-electron chi connectivity index (χ3n) is 10.3. The first-order chi connectivity index (χ1) is 26.8. The van der Waals surface area contributed by atoms with Gasteiger partial charge in [-0.05, 0) is 70.3 Å². The molecule has 0 saturated carbocycles. The van der Waals surface area contributed by atoms with E-state index in [1.807, 2.05) is 18.2 Å². The SMILES string of the molecule is C1=CC2=NC(c3ccc(-c4ccc(N(c5ccccc5)c5ccc(-c6ccccc6)cc5)c5oc6ccccc6c45)cc3)=C(c3ccccc3)NC2C=C1. The number of para-hydroxylation sites is 2. The van der Waals surface area contributed by atoms with Crippen molar-refractivity contribution in [1.29, 1.82) is 0 Å². The summed E-state index contributed by atoms with van der Waals surface area (Å²) in [6.45, 7) is 0. The summed E-state index contributed by atoms with van der Waals surface area (Å²) in [7, 11) is 0. The quantitative estimate of drug-likeness (QED) is 0.181. The smallest absolute Gasteiger partial charge is 0.160 e. The molecule has 2 aliphatic rings. The maximum atomic E-state index is 6.81. The van der Waals surface area contributed by atoms with E-state index in [4.69, 9.17) is 9.41 Å². The molecule has 4 heteroatoms. The lowest BCUT2D eigenvalue weighted by molar-refractivity contribution is 0.669. The Morgan fingerprint density at radius 1 is 0.519 bits per heavy atom. The van der Waals surface area contributed by atoms with Crippen LogP contribution in [0.4, 0.5) is 17.1 Å². The minimum atomic E-state index is 0.0478. The molecule has 4 nitrogen and oxygen atoms in total. The van der Waals surface area contributed by atoms with Gasteiger partial charge >= 0.3 is 0 Å². The molecular weight excluding hydrogens is 659 g/mol. The molecule has 54 heavy (non-hydrogen) atoms. The lowest BCUT2D eigenvalue weighted by atomic mass is 9.95. The average Bonchev–Trinajstić information content (AvgIpc) is 3.65. The number of allylic oxidation sites excluding steroid dienone is 2. The van der Waals surface area contributed by atoms with Gasteiger partial charge in [0.2, 0.25) is 0 Å². The van der Waals surface area contributed by atoms with Crippen LogP contribution in [0.5, 0.6) is 0 Å². The first kappa shape index (κ1) is 31.6. The second-order valence-electron chi connectivity index (χ2n) is 13.6. The van der Waals surface area contributed by atoms with Crippen molar-refractivity contribution < 1.29 is 4.42 Å². The molecule has 1 unspecified atom stereocenters. The molecule has 0 saturated heterocycles. The van der Waals surface area contributed by atoms with E-state index < -0.39 is 0 Å². The first-order valence-corrected chi connectivity index (χ1v) is 18.3. The van der Waals surface area contributed by atoms with E-state index in [0.717, 1.165) is 78.4 Å². The van der Waals surface area contributed by atoms with E-state index in [1.54, 1.807) is 0 Å². The predicted molar refractivity (Wildman–Crippen MR) is 225 cm³/mol. The van der Waals surface area contributed by atoms with E-state index in [0.29, 0.717) is 0 Å². The monoisotopic (exact) mass is 693 g/mol. The van der Waals surface area contributed by atoms with E-state index in [1.165, 1.54) is 11.1 Å².